The maximum absolute atomic E-state index is 11.9. The topological polar surface area (TPSA) is 52.9 Å². The summed E-state index contributed by atoms with van der Waals surface area (Å²) >= 11 is 9.06. The van der Waals surface area contributed by atoms with Gasteiger partial charge in [0.15, 0.2) is 0 Å². The minimum absolute atomic E-state index is 0.0648. The molecule has 0 saturated carbocycles. The van der Waals surface area contributed by atoms with Gasteiger partial charge in [0.2, 0.25) is 0 Å². The molecule has 90 valence electrons. The Morgan fingerprint density at radius 1 is 1.53 bits per heavy atom. The molecule has 0 heterocycles. The van der Waals surface area contributed by atoms with E-state index in [2.05, 4.69) is 27.3 Å². The molecular formula is C12H12BrClN2O. The van der Waals surface area contributed by atoms with Crippen LogP contribution in [0.25, 0.3) is 0 Å². The molecule has 0 aliphatic carbocycles. The Balaban J connectivity index is 2.87. The maximum Gasteiger partial charge on any atom is 0.253 e. The third kappa shape index (κ3) is 3.72. The SMILES string of the molecule is CC(C)C(C#N)NC(=O)c1ccc(Cl)cc1Br. The number of nitrogens with one attached hydrogen (secondary N) is 1. The molecule has 0 radical (unpaired) electrons. The fourth-order valence-corrected chi connectivity index (χ4v) is 2.10. The summed E-state index contributed by atoms with van der Waals surface area (Å²) in [4.78, 5) is 11.9. The van der Waals surface area contributed by atoms with Crippen molar-refractivity contribution in [1.29, 1.82) is 5.26 Å². The third-order valence-electron chi connectivity index (χ3n) is 2.27. The molecule has 0 aromatic heterocycles. The van der Waals surface area contributed by atoms with Crippen LogP contribution in [0.1, 0.15) is 24.2 Å². The molecule has 0 aliphatic heterocycles. The summed E-state index contributed by atoms with van der Waals surface area (Å²) in [6, 6.07) is 6.47. The number of nitrogens with zero attached hydrogens (tertiary/aromatic N) is 1. The van der Waals surface area contributed by atoms with Crippen LogP contribution in [0.2, 0.25) is 5.02 Å². The van der Waals surface area contributed by atoms with Crippen molar-refractivity contribution >= 4 is 33.4 Å². The van der Waals surface area contributed by atoms with Gasteiger partial charge in [-0.05, 0) is 40.0 Å². The second kappa shape index (κ2) is 6.04. The van der Waals surface area contributed by atoms with Crippen LogP contribution in [0, 0.1) is 17.2 Å². The molecule has 1 atom stereocenters. The molecule has 1 rings (SSSR count). The summed E-state index contributed by atoms with van der Waals surface area (Å²) in [5.74, 6) is -0.219. The normalized spacial score (nSPS) is 12.0. The predicted molar refractivity (Wildman–Crippen MR) is 70.9 cm³/mol. The molecule has 1 N–H and O–H groups in total. The quantitative estimate of drug-likeness (QED) is 0.929. The highest BCUT2D eigenvalue weighted by atomic mass is 79.9. The van der Waals surface area contributed by atoms with Crippen LogP contribution in [0.15, 0.2) is 22.7 Å². The van der Waals surface area contributed by atoms with Crippen molar-refractivity contribution < 1.29 is 4.79 Å². The molecule has 0 aliphatic rings. The van der Waals surface area contributed by atoms with E-state index in [1.54, 1.807) is 18.2 Å². The lowest BCUT2D eigenvalue weighted by molar-refractivity contribution is 0.0937. The van der Waals surface area contributed by atoms with Crippen molar-refractivity contribution in [3.05, 3.63) is 33.3 Å². The van der Waals surface area contributed by atoms with Crippen molar-refractivity contribution in [2.45, 2.75) is 19.9 Å². The number of carbonyl (C=O) groups excluding carboxylic acids is 1. The van der Waals surface area contributed by atoms with E-state index in [-0.39, 0.29) is 11.8 Å². The molecule has 1 amide bonds. The maximum atomic E-state index is 11.9. The van der Waals surface area contributed by atoms with Crippen LogP contribution in [0.4, 0.5) is 0 Å². The number of benzene rings is 1. The van der Waals surface area contributed by atoms with Crippen LogP contribution in [-0.2, 0) is 0 Å². The Labute approximate surface area is 114 Å². The number of halogens is 2. The highest BCUT2D eigenvalue weighted by molar-refractivity contribution is 9.10. The van der Waals surface area contributed by atoms with Crippen LogP contribution >= 0.6 is 27.5 Å². The van der Waals surface area contributed by atoms with Crippen molar-refractivity contribution in [3.8, 4) is 6.07 Å². The van der Waals surface area contributed by atoms with Gasteiger partial charge >= 0.3 is 0 Å². The van der Waals surface area contributed by atoms with Gasteiger partial charge in [-0.15, -0.1) is 0 Å². The standard InChI is InChI=1S/C12H12BrClN2O/c1-7(2)11(6-15)16-12(17)9-4-3-8(14)5-10(9)13/h3-5,7,11H,1-2H3,(H,16,17). The lowest BCUT2D eigenvalue weighted by atomic mass is 10.1. The van der Waals surface area contributed by atoms with E-state index in [9.17, 15) is 4.79 Å². The van der Waals surface area contributed by atoms with E-state index in [1.807, 2.05) is 13.8 Å². The van der Waals surface area contributed by atoms with Crippen molar-refractivity contribution in [2.24, 2.45) is 5.92 Å². The molecule has 1 unspecified atom stereocenters. The smallest absolute Gasteiger partial charge is 0.253 e. The van der Waals surface area contributed by atoms with Crippen molar-refractivity contribution in [2.75, 3.05) is 0 Å². The number of nitriles is 1. The first-order valence-electron chi connectivity index (χ1n) is 5.11. The molecule has 0 bridgehead atoms. The van der Waals surface area contributed by atoms with Crippen LogP contribution in [0.5, 0.6) is 0 Å². The van der Waals surface area contributed by atoms with Gasteiger partial charge < -0.3 is 5.32 Å². The third-order valence-corrected chi connectivity index (χ3v) is 3.16. The molecule has 5 heteroatoms. The van der Waals surface area contributed by atoms with E-state index in [0.29, 0.717) is 15.1 Å². The van der Waals surface area contributed by atoms with Crippen LogP contribution < -0.4 is 5.32 Å². The Hall–Kier alpha value is -1.05. The van der Waals surface area contributed by atoms with Crippen molar-refractivity contribution in [3.63, 3.8) is 0 Å². The van der Waals surface area contributed by atoms with Gasteiger partial charge in [-0.3, -0.25) is 4.79 Å². The lowest BCUT2D eigenvalue weighted by Gasteiger charge is -2.15. The fourth-order valence-electron chi connectivity index (χ4n) is 1.24. The first-order valence-corrected chi connectivity index (χ1v) is 6.28. The highest BCUT2D eigenvalue weighted by Crippen LogP contribution is 2.21. The van der Waals surface area contributed by atoms with E-state index in [0.717, 1.165) is 0 Å². The predicted octanol–water partition coefficient (Wildman–Crippen LogP) is 3.38. The minimum atomic E-state index is -0.495. The average Bonchev–Trinajstić information content (AvgIpc) is 2.24. The van der Waals surface area contributed by atoms with Gasteiger partial charge in [0, 0.05) is 9.50 Å². The molecule has 1 aromatic carbocycles. The molecule has 0 saturated heterocycles. The van der Waals surface area contributed by atoms with Gasteiger partial charge in [0.1, 0.15) is 6.04 Å². The van der Waals surface area contributed by atoms with E-state index >= 15 is 0 Å². The Bertz CT molecular complexity index is 468. The summed E-state index contributed by atoms with van der Waals surface area (Å²) < 4.78 is 0.614. The van der Waals surface area contributed by atoms with Gasteiger partial charge in [0.05, 0.1) is 11.6 Å². The second-order valence-electron chi connectivity index (χ2n) is 3.95. The first kappa shape index (κ1) is 14.0. The highest BCUT2D eigenvalue weighted by Gasteiger charge is 2.17. The first-order chi connectivity index (χ1) is 7.95. The van der Waals surface area contributed by atoms with Crippen molar-refractivity contribution in [1.82, 2.24) is 5.32 Å². The molecular weight excluding hydrogens is 304 g/mol. The summed E-state index contributed by atoms with van der Waals surface area (Å²) in [7, 11) is 0. The monoisotopic (exact) mass is 314 g/mol. The second-order valence-corrected chi connectivity index (χ2v) is 5.24. The molecule has 3 nitrogen and oxygen atoms in total. The van der Waals surface area contributed by atoms with Gasteiger partial charge in [-0.2, -0.15) is 5.26 Å². The van der Waals surface area contributed by atoms with E-state index in [1.165, 1.54) is 0 Å². The van der Waals surface area contributed by atoms with Gasteiger partial charge in [-0.1, -0.05) is 25.4 Å². The van der Waals surface area contributed by atoms with E-state index in [4.69, 9.17) is 16.9 Å². The Kier molecular flexibility index (Phi) is 4.98. The zero-order valence-corrected chi connectivity index (χ0v) is 11.8. The largest absolute Gasteiger partial charge is 0.336 e. The summed E-state index contributed by atoms with van der Waals surface area (Å²) in [6.07, 6.45) is 0. The average molecular weight is 316 g/mol. The summed E-state index contributed by atoms with van der Waals surface area (Å²) in [6.45, 7) is 3.76. The Morgan fingerprint density at radius 2 is 2.18 bits per heavy atom. The molecule has 0 fully saturated rings. The number of amides is 1. The zero-order valence-electron chi connectivity index (χ0n) is 9.50. The number of hydrogen-bond donors (Lipinski definition) is 1. The number of rotatable bonds is 3. The minimum Gasteiger partial charge on any atom is -0.336 e. The Morgan fingerprint density at radius 3 is 2.65 bits per heavy atom. The van der Waals surface area contributed by atoms with E-state index < -0.39 is 6.04 Å². The van der Waals surface area contributed by atoms with Gasteiger partial charge in [0.25, 0.3) is 5.91 Å². The van der Waals surface area contributed by atoms with Crippen LogP contribution in [-0.4, -0.2) is 11.9 Å². The van der Waals surface area contributed by atoms with Gasteiger partial charge in [-0.25, -0.2) is 0 Å². The molecule has 1 aromatic rings. The number of carbonyl (C=O) groups is 1. The summed E-state index contributed by atoms with van der Waals surface area (Å²) in [5.41, 5.74) is 0.468. The number of hydrogen-bond acceptors (Lipinski definition) is 2. The molecule has 0 spiro atoms. The van der Waals surface area contributed by atoms with Crippen LogP contribution in [0.3, 0.4) is 0 Å². The summed E-state index contributed by atoms with van der Waals surface area (Å²) in [5, 5.41) is 12.1. The zero-order chi connectivity index (χ0) is 13.0. The fraction of sp³-hybridized carbons (Fsp3) is 0.333. The molecule has 17 heavy (non-hydrogen) atoms. The lowest BCUT2D eigenvalue weighted by Crippen LogP contribution is -2.37.